The smallest absolute Gasteiger partial charge is 0.195 e. The number of hydrogen-bond donors (Lipinski definition) is 0. The second-order valence-electron chi connectivity index (χ2n) is 2.62. The zero-order valence-corrected chi connectivity index (χ0v) is 6.69. The number of nitrogens with zero attached hydrogens (tertiary/aromatic N) is 1. The van der Waals surface area contributed by atoms with Crippen LogP contribution < -0.4 is 4.57 Å². The Morgan fingerprint density at radius 3 is 2.78 bits per heavy atom. The Labute approximate surface area is 60.0 Å². The highest BCUT2D eigenvalue weighted by atomic mass is 32.1. The molecule has 0 spiro atoms. The third kappa shape index (κ3) is 2.14. The van der Waals surface area contributed by atoms with Gasteiger partial charge in [0.1, 0.15) is 0 Å². The van der Waals surface area contributed by atoms with Crippen molar-refractivity contribution in [3.63, 3.8) is 0 Å². The van der Waals surface area contributed by atoms with Gasteiger partial charge in [0.2, 0.25) is 5.51 Å². The van der Waals surface area contributed by atoms with Gasteiger partial charge in [-0.1, -0.05) is 25.2 Å². The Morgan fingerprint density at radius 2 is 2.33 bits per heavy atom. The minimum Gasteiger partial charge on any atom is -0.195 e. The van der Waals surface area contributed by atoms with Crippen LogP contribution in [0.2, 0.25) is 0 Å². The predicted octanol–water partition coefficient (Wildman–Crippen LogP) is 1.69. The molecule has 1 rings (SSSR count). The summed E-state index contributed by atoms with van der Waals surface area (Å²) < 4.78 is 2.22. The van der Waals surface area contributed by atoms with Gasteiger partial charge in [-0.05, 0) is 0 Å². The van der Waals surface area contributed by atoms with Crippen LogP contribution in [0.15, 0.2) is 17.1 Å². The molecular formula is C7H12NS+. The summed E-state index contributed by atoms with van der Waals surface area (Å²) in [5.74, 6) is 0.754. The van der Waals surface area contributed by atoms with E-state index in [1.807, 2.05) is 0 Å². The van der Waals surface area contributed by atoms with E-state index in [1.165, 1.54) is 0 Å². The molecule has 0 fully saturated rings. The molecule has 1 aromatic rings. The molecule has 0 radical (unpaired) electrons. The van der Waals surface area contributed by atoms with Crippen LogP contribution >= 0.6 is 11.3 Å². The van der Waals surface area contributed by atoms with Crippen molar-refractivity contribution in [3.8, 4) is 0 Å². The highest BCUT2D eigenvalue weighted by Gasteiger charge is 2.01. The van der Waals surface area contributed by atoms with Crippen molar-refractivity contribution in [3.05, 3.63) is 17.1 Å². The van der Waals surface area contributed by atoms with Gasteiger partial charge < -0.3 is 0 Å². The topological polar surface area (TPSA) is 3.88 Å². The average Bonchev–Trinajstić information content (AvgIpc) is 2.15. The molecule has 0 aliphatic heterocycles. The van der Waals surface area contributed by atoms with Crippen LogP contribution in [0, 0.1) is 5.92 Å². The van der Waals surface area contributed by atoms with E-state index in [1.54, 1.807) is 11.3 Å². The Kier molecular flexibility index (Phi) is 2.22. The van der Waals surface area contributed by atoms with Crippen molar-refractivity contribution in [1.82, 2.24) is 0 Å². The number of thiazole rings is 1. The van der Waals surface area contributed by atoms with E-state index in [4.69, 9.17) is 0 Å². The van der Waals surface area contributed by atoms with Crippen molar-refractivity contribution in [2.45, 2.75) is 20.4 Å². The molecule has 9 heavy (non-hydrogen) atoms. The van der Waals surface area contributed by atoms with Crippen LogP contribution in [0.1, 0.15) is 13.8 Å². The number of hydrogen-bond acceptors (Lipinski definition) is 1. The summed E-state index contributed by atoms with van der Waals surface area (Å²) in [6.07, 6.45) is 2.12. The van der Waals surface area contributed by atoms with Gasteiger partial charge in [0, 0.05) is 5.92 Å². The fourth-order valence-electron chi connectivity index (χ4n) is 0.787. The maximum Gasteiger partial charge on any atom is 0.224 e. The molecular weight excluding hydrogens is 130 g/mol. The Morgan fingerprint density at radius 1 is 1.56 bits per heavy atom. The standard InChI is InChI=1S/C7H12NS/c1-7(2)5-8-3-4-9-6-8/h3-4,6-7H,5H2,1-2H3/q+1. The maximum absolute atomic E-state index is 2.23. The minimum absolute atomic E-state index is 0.754. The van der Waals surface area contributed by atoms with Crippen LogP contribution in [-0.4, -0.2) is 0 Å². The average molecular weight is 142 g/mol. The first-order valence-corrected chi connectivity index (χ1v) is 4.14. The number of aromatic nitrogens is 1. The lowest BCUT2D eigenvalue weighted by Crippen LogP contribution is -2.32. The van der Waals surface area contributed by atoms with E-state index in [-0.39, 0.29) is 0 Å². The lowest BCUT2D eigenvalue weighted by atomic mass is 10.2. The van der Waals surface area contributed by atoms with E-state index in [2.05, 4.69) is 35.5 Å². The molecule has 0 saturated heterocycles. The first-order chi connectivity index (χ1) is 4.29. The van der Waals surface area contributed by atoms with Crippen molar-refractivity contribution >= 4 is 11.3 Å². The second kappa shape index (κ2) is 2.97. The lowest BCUT2D eigenvalue weighted by Gasteiger charge is -1.94. The van der Waals surface area contributed by atoms with Crippen LogP contribution in [0.25, 0.3) is 0 Å². The van der Waals surface area contributed by atoms with E-state index in [0.717, 1.165) is 12.5 Å². The van der Waals surface area contributed by atoms with Gasteiger partial charge in [0.05, 0.1) is 5.38 Å². The summed E-state index contributed by atoms with van der Waals surface area (Å²) >= 11 is 1.74. The van der Waals surface area contributed by atoms with E-state index < -0.39 is 0 Å². The largest absolute Gasteiger partial charge is 0.224 e. The minimum atomic E-state index is 0.754. The zero-order chi connectivity index (χ0) is 6.69. The van der Waals surface area contributed by atoms with E-state index in [0.29, 0.717) is 0 Å². The fourth-order valence-corrected chi connectivity index (χ4v) is 1.40. The Hall–Kier alpha value is -0.370. The summed E-state index contributed by atoms with van der Waals surface area (Å²) in [6.45, 7) is 5.60. The zero-order valence-electron chi connectivity index (χ0n) is 5.87. The summed E-state index contributed by atoms with van der Waals surface area (Å²) in [5.41, 5.74) is 2.14. The van der Waals surface area contributed by atoms with Crippen molar-refractivity contribution in [2.24, 2.45) is 5.92 Å². The van der Waals surface area contributed by atoms with Gasteiger partial charge in [-0.2, -0.15) is 4.57 Å². The molecule has 0 N–H and O–H groups in total. The van der Waals surface area contributed by atoms with Crippen LogP contribution in [0.5, 0.6) is 0 Å². The highest BCUT2D eigenvalue weighted by Crippen LogP contribution is 1.93. The van der Waals surface area contributed by atoms with Crippen LogP contribution in [0.4, 0.5) is 0 Å². The van der Waals surface area contributed by atoms with Gasteiger partial charge in [0.15, 0.2) is 12.7 Å². The summed E-state index contributed by atoms with van der Waals surface area (Å²) in [6, 6.07) is 0. The summed E-state index contributed by atoms with van der Waals surface area (Å²) in [5, 5.41) is 2.10. The SMILES string of the molecule is CC(C)C[n+]1ccsc1. The monoisotopic (exact) mass is 142 g/mol. The van der Waals surface area contributed by atoms with Crippen molar-refractivity contribution in [1.29, 1.82) is 0 Å². The summed E-state index contributed by atoms with van der Waals surface area (Å²) in [7, 11) is 0. The second-order valence-corrected chi connectivity index (χ2v) is 3.37. The molecule has 0 aliphatic rings. The predicted molar refractivity (Wildman–Crippen MR) is 39.4 cm³/mol. The number of rotatable bonds is 2. The molecule has 2 heteroatoms. The van der Waals surface area contributed by atoms with Crippen LogP contribution in [-0.2, 0) is 6.54 Å². The first-order valence-electron chi connectivity index (χ1n) is 3.20. The molecule has 1 nitrogen and oxygen atoms in total. The molecule has 0 atom stereocenters. The molecule has 0 saturated carbocycles. The summed E-state index contributed by atoms with van der Waals surface area (Å²) in [4.78, 5) is 0. The van der Waals surface area contributed by atoms with Gasteiger partial charge in [0.25, 0.3) is 0 Å². The molecule has 0 bridgehead atoms. The Bertz CT molecular complexity index is 155. The van der Waals surface area contributed by atoms with Crippen LogP contribution in [0.3, 0.4) is 0 Å². The molecule has 1 heterocycles. The van der Waals surface area contributed by atoms with Gasteiger partial charge in [-0.15, -0.1) is 0 Å². The third-order valence-corrected chi connectivity index (χ3v) is 1.77. The highest BCUT2D eigenvalue weighted by molar-refractivity contribution is 7.07. The molecule has 0 aliphatic carbocycles. The van der Waals surface area contributed by atoms with Crippen molar-refractivity contribution < 1.29 is 4.57 Å². The maximum atomic E-state index is 2.23. The molecule has 0 aromatic carbocycles. The molecule has 50 valence electrons. The normalized spacial score (nSPS) is 10.6. The molecule has 0 unspecified atom stereocenters. The fraction of sp³-hybridized carbons (Fsp3) is 0.571. The van der Waals surface area contributed by atoms with Gasteiger partial charge in [-0.25, -0.2) is 0 Å². The van der Waals surface area contributed by atoms with Crippen molar-refractivity contribution in [2.75, 3.05) is 0 Å². The lowest BCUT2D eigenvalue weighted by molar-refractivity contribution is -0.697. The van der Waals surface area contributed by atoms with Gasteiger partial charge in [-0.3, -0.25) is 0 Å². The first kappa shape index (κ1) is 6.75. The van der Waals surface area contributed by atoms with Gasteiger partial charge >= 0.3 is 0 Å². The molecule has 0 amide bonds. The Balaban J connectivity index is 2.48. The third-order valence-electron chi connectivity index (χ3n) is 1.10. The van der Waals surface area contributed by atoms with E-state index in [9.17, 15) is 0 Å². The quantitative estimate of drug-likeness (QED) is 0.553. The van der Waals surface area contributed by atoms with E-state index >= 15 is 0 Å². The molecule has 1 aromatic heterocycles.